The minimum absolute atomic E-state index is 0.0269. The van der Waals surface area contributed by atoms with Gasteiger partial charge in [-0.25, -0.2) is 0 Å². The third-order valence-electron chi connectivity index (χ3n) is 4.33. The molecule has 9 nitrogen and oxygen atoms in total. The van der Waals surface area contributed by atoms with Gasteiger partial charge < -0.3 is 24.9 Å². The van der Waals surface area contributed by atoms with E-state index in [1.54, 1.807) is 25.2 Å². The molecule has 0 spiro atoms. The lowest BCUT2D eigenvalue weighted by atomic mass is 9.97. The Balaban J connectivity index is 2.37. The van der Waals surface area contributed by atoms with Gasteiger partial charge in [0, 0.05) is 43.2 Å². The van der Waals surface area contributed by atoms with Crippen LogP contribution in [0.25, 0.3) is 0 Å². The van der Waals surface area contributed by atoms with Crippen LogP contribution in [0, 0.1) is 10.1 Å². The molecule has 0 radical (unpaired) electrons. The number of hydrogen-bond donors (Lipinski definition) is 2. The number of amides is 1. The summed E-state index contributed by atoms with van der Waals surface area (Å²) >= 11 is 11.9. The molecule has 0 fully saturated rings. The molecule has 1 rings (SSSR count). The predicted molar refractivity (Wildman–Crippen MR) is 114 cm³/mol. The first-order valence-corrected chi connectivity index (χ1v) is 10.2. The van der Waals surface area contributed by atoms with Crippen LogP contribution in [0.1, 0.15) is 33.6 Å². The highest BCUT2D eigenvalue weighted by Gasteiger charge is 2.22. The Kier molecular flexibility index (Phi) is 10.6. The Bertz CT molecular complexity index is 720. The van der Waals surface area contributed by atoms with Crippen LogP contribution in [-0.4, -0.2) is 65.5 Å². The summed E-state index contributed by atoms with van der Waals surface area (Å²) in [6, 6.07) is 4.84. The Morgan fingerprint density at radius 3 is 2.70 bits per heavy atom. The Morgan fingerprint density at radius 1 is 1.40 bits per heavy atom. The van der Waals surface area contributed by atoms with Crippen LogP contribution in [0.15, 0.2) is 18.2 Å². The highest BCUT2D eigenvalue weighted by Crippen LogP contribution is 2.27. The lowest BCUT2D eigenvalue weighted by Gasteiger charge is -2.29. The fraction of sp³-hybridized carbons (Fsp3) is 0.632. The van der Waals surface area contributed by atoms with Gasteiger partial charge in [-0.05, 0) is 39.3 Å². The molecule has 1 aromatic rings. The molecule has 0 saturated heterocycles. The fourth-order valence-corrected chi connectivity index (χ4v) is 2.93. The standard InChI is InChI=1S/C19H29Cl2N3O6/c1-13(30-24(27)28)11-23(4)18(26)7-8-19(2,3)22-10-15(25)12-29-17-9-14(20)5-6-16(17)21/h5-6,9,13,15,22,25H,7-8,10-12H2,1-4H3. The van der Waals surface area contributed by atoms with Crippen LogP contribution in [0.2, 0.25) is 10.0 Å². The summed E-state index contributed by atoms with van der Waals surface area (Å²) in [6.45, 7) is 5.76. The molecule has 30 heavy (non-hydrogen) atoms. The van der Waals surface area contributed by atoms with Crippen LogP contribution in [0.4, 0.5) is 0 Å². The van der Waals surface area contributed by atoms with E-state index in [-0.39, 0.29) is 32.0 Å². The molecule has 2 atom stereocenters. The van der Waals surface area contributed by atoms with Crippen molar-refractivity contribution in [2.24, 2.45) is 0 Å². The van der Waals surface area contributed by atoms with Crippen LogP contribution in [-0.2, 0) is 9.63 Å². The van der Waals surface area contributed by atoms with Crippen molar-refractivity contribution in [3.8, 4) is 5.75 Å². The number of rotatable bonds is 13. The molecule has 0 heterocycles. The Hall–Kier alpha value is -1.81. The molecule has 170 valence electrons. The molecule has 2 N–H and O–H groups in total. The highest BCUT2D eigenvalue weighted by atomic mass is 35.5. The zero-order valence-corrected chi connectivity index (χ0v) is 19.1. The molecular weight excluding hydrogens is 437 g/mol. The maximum absolute atomic E-state index is 12.2. The number of halogens is 2. The van der Waals surface area contributed by atoms with Gasteiger partial charge in [-0.3, -0.25) is 4.79 Å². The van der Waals surface area contributed by atoms with Crippen molar-refractivity contribution in [1.82, 2.24) is 10.2 Å². The number of hydrogen-bond acceptors (Lipinski definition) is 7. The second-order valence-electron chi connectivity index (χ2n) is 7.72. The van der Waals surface area contributed by atoms with E-state index >= 15 is 0 Å². The van der Waals surface area contributed by atoms with Crippen molar-refractivity contribution < 1.29 is 24.6 Å². The molecule has 0 bridgehead atoms. The van der Waals surface area contributed by atoms with Crippen molar-refractivity contribution in [2.45, 2.75) is 51.4 Å². The van der Waals surface area contributed by atoms with Crippen molar-refractivity contribution in [3.05, 3.63) is 38.4 Å². The molecule has 0 aliphatic rings. The zero-order chi connectivity index (χ0) is 22.9. The number of β-amino-alcohol motifs (C(OH)–C–C–N with tert-alkyl or cyclic N) is 1. The second kappa shape index (κ2) is 12.1. The number of ether oxygens (including phenoxy) is 1. The van der Waals surface area contributed by atoms with Crippen LogP contribution in [0.3, 0.4) is 0 Å². The quantitative estimate of drug-likeness (QED) is 0.339. The molecule has 2 unspecified atom stereocenters. The van der Waals surface area contributed by atoms with E-state index in [0.29, 0.717) is 22.2 Å². The summed E-state index contributed by atoms with van der Waals surface area (Å²) < 4.78 is 5.51. The number of benzene rings is 1. The SMILES string of the molecule is CC(CN(C)C(=O)CCC(C)(C)NCC(O)COc1cc(Cl)ccc1Cl)O[N+](=O)[O-]. The smallest absolute Gasteiger partial charge is 0.294 e. The number of aliphatic hydroxyl groups excluding tert-OH is 1. The van der Waals surface area contributed by atoms with Crippen molar-refractivity contribution in [1.29, 1.82) is 0 Å². The minimum Gasteiger partial charge on any atom is -0.489 e. The number of aliphatic hydroxyl groups is 1. The number of nitrogens with zero attached hydrogens (tertiary/aromatic N) is 2. The topological polar surface area (TPSA) is 114 Å². The highest BCUT2D eigenvalue weighted by molar-refractivity contribution is 6.34. The lowest BCUT2D eigenvalue weighted by molar-refractivity contribution is -0.767. The van der Waals surface area contributed by atoms with Gasteiger partial charge in [-0.15, -0.1) is 10.1 Å². The third kappa shape index (κ3) is 10.3. The van der Waals surface area contributed by atoms with Gasteiger partial charge in [-0.2, -0.15) is 0 Å². The third-order valence-corrected chi connectivity index (χ3v) is 4.87. The van der Waals surface area contributed by atoms with Crippen molar-refractivity contribution in [2.75, 3.05) is 26.7 Å². The zero-order valence-electron chi connectivity index (χ0n) is 17.6. The van der Waals surface area contributed by atoms with Crippen LogP contribution in [0.5, 0.6) is 5.75 Å². The largest absolute Gasteiger partial charge is 0.489 e. The normalized spacial score (nSPS) is 13.4. The van der Waals surface area contributed by atoms with E-state index in [2.05, 4.69) is 10.2 Å². The molecule has 0 aliphatic heterocycles. The van der Waals surface area contributed by atoms with E-state index in [4.69, 9.17) is 27.9 Å². The first kappa shape index (κ1) is 26.2. The Morgan fingerprint density at radius 2 is 2.07 bits per heavy atom. The lowest BCUT2D eigenvalue weighted by Crippen LogP contribution is -2.45. The maximum Gasteiger partial charge on any atom is 0.294 e. The number of nitrogens with one attached hydrogen (secondary N) is 1. The number of carbonyl (C=O) groups is 1. The van der Waals surface area contributed by atoms with Gasteiger partial charge in [0.05, 0.1) is 5.02 Å². The first-order chi connectivity index (χ1) is 13.9. The van der Waals surface area contributed by atoms with Gasteiger partial charge in [-0.1, -0.05) is 23.2 Å². The number of carbonyl (C=O) groups excluding carboxylic acids is 1. The minimum atomic E-state index is -0.870. The summed E-state index contributed by atoms with van der Waals surface area (Å²) in [4.78, 5) is 28.4. The Labute approximate surface area is 186 Å². The first-order valence-electron chi connectivity index (χ1n) is 9.45. The summed E-state index contributed by atoms with van der Waals surface area (Å²) in [5, 5.41) is 23.7. The van der Waals surface area contributed by atoms with Gasteiger partial charge in [0.25, 0.3) is 5.09 Å². The van der Waals surface area contributed by atoms with E-state index in [1.807, 2.05) is 13.8 Å². The van der Waals surface area contributed by atoms with Gasteiger partial charge in [0.1, 0.15) is 24.6 Å². The van der Waals surface area contributed by atoms with Crippen LogP contribution >= 0.6 is 23.2 Å². The molecule has 11 heteroatoms. The number of likely N-dealkylation sites (N-methyl/N-ethyl adjacent to an activating group) is 1. The van der Waals surface area contributed by atoms with Gasteiger partial charge in [0.15, 0.2) is 0 Å². The summed E-state index contributed by atoms with van der Waals surface area (Å²) in [6.07, 6.45) is -0.748. The molecule has 0 aromatic heterocycles. The maximum atomic E-state index is 12.2. The summed E-state index contributed by atoms with van der Waals surface area (Å²) in [5.41, 5.74) is -0.422. The molecule has 0 aliphatic carbocycles. The van der Waals surface area contributed by atoms with E-state index in [0.717, 1.165) is 0 Å². The van der Waals surface area contributed by atoms with Crippen LogP contribution < -0.4 is 10.1 Å². The van der Waals surface area contributed by atoms with Gasteiger partial charge >= 0.3 is 0 Å². The van der Waals surface area contributed by atoms with E-state index < -0.39 is 22.8 Å². The second-order valence-corrected chi connectivity index (χ2v) is 8.56. The average molecular weight is 466 g/mol. The van der Waals surface area contributed by atoms with Crippen molar-refractivity contribution in [3.63, 3.8) is 0 Å². The molecular formula is C19H29Cl2N3O6. The summed E-state index contributed by atoms with van der Waals surface area (Å²) in [5.74, 6) is 0.245. The predicted octanol–water partition coefficient (Wildman–Crippen LogP) is 2.94. The fourth-order valence-electron chi connectivity index (χ4n) is 2.59. The van der Waals surface area contributed by atoms with E-state index in [1.165, 1.54) is 11.8 Å². The van der Waals surface area contributed by atoms with Crippen molar-refractivity contribution >= 4 is 29.1 Å². The summed E-state index contributed by atoms with van der Waals surface area (Å²) in [7, 11) is 1.57. The van der Waals surface area contributed by atoms with Gasteiger partial charge in [0.2, 0.25) is 5.91 Å². The molecule has 0 saturated carbocycles. The monoisotopic (exact) mass is 465 g/mol. The average Bonchev–Trinajstić information content (AvgIpc) is 2.64. The molecule has 1 amide bonds. The molecule has 1 aromatic carbocycles. The van der Waals surface area contributed by atoms with E-state index in [9.17, 15) is 20.0 Å².